The number of alkyl halides is 3. The molecule has 0 aliphatic carbocycles. The van der Waals surface area contributed by atoms with E-state index in [0.717, 1.165) is 0 Å². The van der Waals surface area contributed by atoms with E-state index in [1.807, 2.05) is 0 Å². The molecule has 0 amide bonds. The summed E-state index contributed by atoms with van der Waals surface area (Å²) < 4.78 is 37.9. The van der Waals surface area contributed by atoms with Gasteiger partial charge in [-0.05, 0) is 7.05 Å². The van der Waals surface area contributed by atoms with Crippen molar-refractivity contribution in [1.29, 1.82) is 0 Å². The molecule has 0 aromatic carbocycles. The SMILES string of the molecule is CN(Cc1cn(CCN)cn1)CC(F)(F)F. The van der Waals surface area contributed by atoms with E-state index in [4.69, 9.17) is 5.73 Å². The van der Waals surface area contributed by atoms with Gasteiger partial charge in [-0.1, -0.05) is 0 Å². The average molecular weight is 236 g/mol. The normalized spacial score (nSPS) is 12.4. The summed E-state index contributed by atoms with van der Waals surface area (Å²) in [4.78, 5) is 5.18. The second-order valence-corrected chi connectivity index (χ2v) is 3.68. The Morgan fingerprint density at radius 1 is 1.50 bits per heavy atom. The van der Waals surface area contributed by atoms with E-state index < -0.39 is 12.7 Å². The molecule has 92 valence electrons. The highest BCUT2D eigenvalue weighted by molar-refractivity contribution is 4.96. The molecule has 0 saturated heterocycles. The second kappa shape index (κ2) is 5.31. The highest BCUT2D eigenvalue weighted by atomic mass is 19.4. The molecule has 4 nitrogen and oxygen atoms in total. The third-order valence-electron chi connectivity index (χ3n) is 1.96. The van der Waals surface area contributed by atoms with Gasteiger partial charge in [-0.15, -0.1) is 0 Å². The van der Waals surface area contributed by atoms with Crippen LogP contribution in [0.5, 0.6) is 0 Å². The predicted octanol–water partition coefficient (Wildman–Crippen LogP) is 0.836. The number of aromatic nitrogens is 2. The molecule has 0 aliphatic heterocycles. The summed E-state index contributed by atoms with van der Waals surface area (Å²) in [5.41, 5.74) is 5.96. The molecule has 0 spiro atoms. The average Bonchev–Trinajstić information content (AvgIpc) is 2.49. The first-order valence-corrected chi connectivity index (χ1v) is 4.87. The highest BCUT2D eigenvalue weighted by Gasteiger charge is 2.29. The number of hydrogen-bond acceptors (Lipinski definition) is 3. The van der Waals surface area contributed by atoms with Crippen molar-refractivity contribution in [3.05, 3.63) is 18.2 Å². The van der Waals surface area contributed by atoms with Crippen LogP contribution in [0, 0.1) is 0 Å². The summed E-state index contributed by atoms with van der Waals surface area (Å²) in [6.07, 6.45) is -0.891. The standard InChI is InChI=1S/C9H15F3N4/c1-15(6-9(10,11)12)4-8-5-16(3-2-13)7-14-8/h5,7H,2-4,6,13H2,1H3. The van der Waals surface area contributed by atoms with Crippen LogP contribution in [0.2, 0.25) is 0 Å². The number of nitrogens with zero attached hydrogens (tertiary/aromatic N) is 3. The molecule has 1 heterocycles. The molecular weight excluding hydrogens is 221 g/mol. The van der Waals surface area contributed by atoms with E-state index in [-0.39, 0.29) is 6.54 Å². The molecule has 7 heteroatoms. The summed E-state index contributed by atoms with van der Waals surface area (Å²) >= 11 is 0. The lowest BCUT2D eigenvalue weighted by molar-refractivity contribution is -0.144. The third kappa shape index (κ3) is 4.63. The second-order valence-electron chi connectivity index (χ2n) is 3.68. The monoisotopic (exact) mass is 236 g/mol. The van der Waals surface area contributed by atoms with Gasteiger partial charge in [0.2, 0.25) is 0 Å². The van der Waals surface area contributed by atoms with Crippen LogP contribution in [-0.2, 0) is 13.1 Å². The Morgan fingerprint density at radius 3 is 2.75 bits per heavy atom. The molecule has 0 radical (unpaired) electrons. The van der Waals surface area contributed by atoms with Crippen molar-refractivity contribution in [2.24, 2.45) is 5.73 Å². The molecule has 0 bridgehead atoms. The molecule has 1 aromatic heterocycles. The fourth-order valence-electron chi connectivity index (χ4n) is 1.40. The van der Waals surface area contributed by atoms with Crippen molar-refractivity contribution in [1.82, 2.24) is 14.5 Å². The van der Waals surface area contributed by atoms with E-state index in [1.165, 1.54) is 11.9 Å². The molecule has 0 aliphatic rings. The molecule has 2 N–H and O–H groups in total. The fraction of sp³-hybridized carbons (Fsp3) is 0.667. The maximum absolute atomic E-state index is 12.1. The Kier molecular flexibility index (Phi) is 4.31. The zero-order valence-electron chi connectivity index (χ0n) is 9.04. The topological polar surface area (TPSA) is 47.1 Å². The lowest BCUT2D eigenvalue weighted by Gasteiger charge is -2.16. The van der Waals surface area contributed by atoms with Gasteiger partial charge in [0.15, 0.2) is 0 Å². The Bertz CT molecular complexity index is 321. The van der Waals surface area contributed by atoms with Gasteiger partial charge in [-0.3, -0.25) is 4.90 Å². The van der Waals surface area contributed by atoms with Crippen LogP contribution >= 0.6 is 0 Å². The zero-order chi connectivity index (χ0) is 12.2. The van der Waals surface area contributed by atoms with Crippen LogP contribution in [0.1, 0.15) is 5.69 Å². The van der Waals surface area contributed by atoms with E-state index in [2.05, 4.69) is 4.98 Å². The Labute approximate surface area is 91.9 Å². The molecule has 0 saturated carbocycles. The molecule has 1 rings (SSSR count). The van der Waals surface area contributed by atoms with Crippen molar-refractivity contribution >= 4 is 0 Å². The summed E-state index contributed by atoms with van der Waals surface area (Å²) in [5, 5.41) is 0. The van der Waals surface area contributed by atoms with Crippen molar-refractivity contribution in [2.75, 3.05) is 20.1 Å². The number of nitrogens with two attached hydrogens (primary N) is 1. The first-order valence-electron chi connectivity index (χ1n) is 4.87. The van der Waals surface area contributed by atoms with Gasteiger partial charge in [-0.2, -0.15) is 13.2 Å². The highest BCUT2D eigenvalue weighted by Crippen LogP contribution is 2.16. The van der Waals surface area contributed by atoms with E-state index in [0.29, 0.717) is 18.8 Å². The fourth-order valence-corrected chi connectivity index (χ4v) is 1.40. The van der Waals surface area contributed by atoms with Crippen molar-refractivity contribution in [3.63, 3.8) is 0 Å². The Hall–Kier alpha value is -1.08. The number of hydrogen-bond donors (Lipinski definition) is 1. The van der Waals surface area contributed by atoms with Gasteiger partial charge in [0, 0.05) is 25.8 Å². The zero-order valence-corrected chi connectivity index (χ0v) is 9.04. The Balaban J connectivity index is 2.46. The minimum absolute atomic E-state index is 0.178. The number of imidazole rings is 1. The third-order valence-corrected chi connectivity index (χ3v) is 1.96. The van der Waals surface area contributed by atoms with Gasteiger partial charge in [0.25, 0.3) is 0 Å². The minimum Gasteiger partial charge on any atom is -0.336 e. The molecular formula is C9H15F3N4. The molecule has 0 unspecified atom stereocenters. The summed E-state index contributed by atoms with van der Waals surface area (Å²) in [5.74, 6) is 0. The van der Waals surface area contributed by atoms with Crippen LogP contribution in [0.4, 0.5) is 13.2 Å². The van der Waals surface area contributed by atoms with Crippen LogP contribution in [0.3, 0.4) is 0 Å². The lowest BCUT2D eigenvalue weighted by atomic mass is 10.4. The Morgan fingerprint density at radius 2 is 2.19 bits per heavy atom. The van der Waals surface area contributed by atoms with E-state index in [1.54, 1.807) is 17.1 Å². The van der Waals surface area contributed by atoms with Gasteiger partial charge < -0.3 is 10.3 Å². The molecule has 1 aromatic rings. The quantitative estimate of drug-likeness (QED) is 0.824. The predicted molar refractivity (Wildman–Crippen MR) is 53.7 cm³/mol. The smallest absolute Gasteiger partial charge is 0.336 e. The van der Waals surface area contributed by atoms with Crippen LogP contribution in [0.25, 0.3) is 0 Å². The van der Waals surface area contributed by atoms with Gasteiger partial charge in [0.1, 0.15) is 0 Å². The first-order chi connectivity index (χ1) is 7.40. The van der Waals surface area contributed by atoms with Crippen molar-refractivity contribution < 1.29 is 13.2 Å². The first kappa shape index (κ1) is 13.0. The van der Waals surface area contributed by atoms with Gasteiger partial charge in [0.05, 0.1) is 18.6 Å². The summed E-state index contributed by atoms with van der Waals surface area (Å²) in [6.45, 7) is 0.345. The number of rotatable bonds is 5. The molecule has 0 fully saturated rings. The van der Waals surface area contributed by atoms with Crippen LogP contribution in [0.15, 0.2) is 12.5 Å². The minimum atomic E-state index is -4.17. The van der Waals surface area contributed by atoms with Crippen LogP contribution in [-0.4, -0.2) is 40.8 Å². The van der Waals surface area contributed by atoms with Crippen LogP contribution < -0.4 is 5.73 Å². The van der Waals surface area contributed by atoms with E-state index >= 15 is 0 Å². The lowest BCUT2D eigenvalue weighted by Crippen LogP contribution is -2.30. The van der Waals surface area contributed by atoms with Crippen molar-refractivity contribution in [2.45, 2.75) is 19.3 Å². The molecule has 16 heavy (non-hydrogen) atoms. The van der Waals surface area contributed by atoms with Gasteiger partial charge in [-0.25, -0.2) is 4.98 Å². The van der Waals surface area contributed by atoms with Crippen molar-refractivity contribution in [3.8, 4) is 0 Å². The maximum atomic E-state index is 12.1. The largest absolute Gasteiger partial charge is 0.401 e. The van der Waals surface area contributed by atoms with E-state index in [9.17, 15) is 13.2 Å². The molecule has 0 atom stereocenters. The summed E-state index contributed by atoms with van der Waals surface area (Å²) in [7, 11) is 1.41. The number of halogens is 3. The maximum Gasteiger partial charge on any atom is 0.401 e. The van der Waals surface area contributed by atoms with Gasteiger partial charge >= 0.3 is 6.18 Å². The summed E-state index contributed by atoms with van der Waals surface area (Å²) in [6, 6.07) is 0.